The number of carbonyl (C=O) groups excluding carboxylic acids is 2. The van der Waals surface area contributed by atoms with Crippen LogP contribution in [0.2, 0.25) is 10.0 Å². The lowest BCUT2D eigenvalue weighted by Crippen LogP contribution is -2.46. The summed E-state index contributed by atoms with van der Waals surface area (Å²) >= 11 is 12.7. The lowest BCUT2D eigenvalue weighted by molar-refractivity contribution is 0.0112. The lowest BCUT2D eigenvalue weighted by Gasteiger charge is -2.31. The topological polar surface area (TPSA) is 93.9 Å². The molecule has 3 atom stereocenters. The molecule has 9 heteroatoms. The third kappa shape index (κ3) is 5.56. The fourth-order valence-corrected chi connectivity index (χ4v) is 4.78. The number of carbonyl (C=O) groups is 2. The summed E-state index contributed by atoms with van der Waals surface area (Å²) in [4.78, 5) is 28.6. The molecule has 7 nitrogen and oxygen atoms in total. The van der Waals surface area contributed by atoms with E-state index in [4.69, 9.17) is 38.4 Å². The summed E-state index contributed by atoms with van der Waals surface area (Å²) in [6, 6.07) is 20.4. The number of nitrogens with one attached hydrogen (secondary N) is 1. The first-order chi connectivity index (χ1) is 17.4. The van der Waals surface area contributed by atoms with Crippen molar-refractivity contribution in [2.24, 2.45) is 5.73 Å². The van der Waals surface area contributed by atoms with E-state index >= 15 is 0 Å². The zero-order valence-corrected chi connectivity index (χ0v) is 21.2. The molecule has 0 bridgehead atoms. The molecule has 0 aliphatic carbocycles. The Morgan fingerprint density at radius 3 is 2.47 bits per heavy atom. The van der Waals surface area contributed by atoms with Crippen LogP contribution >= 0.6 is 23.2 Å². The highest BCUT2D eigenvalue weighted by Gasteiger charge is 2.40. The van der Waals surface area contributed by atoms with Crippen molar-refractivity contribution >= 4 is 40.7 Å². The number of ether oxygens (including phenoxy) is 2. The molecule has 188 valence electrons. The van der Waals surface area contributed by atoms with Gasteiger partial charge >= 0.3 is 0 Å². The number of hydrogen-bond acceptors (Lipinski definition) is 5. The highest BCUT2D eigenvalue weighted by molar-refractivity contribution is 6.33. The molecule has 0 aromatic heterocycles. The van der Waals surface area contributed by atoms with E-state index in [2.05, 4.69) is 5.32 Å². The van der Waals surface area contributed by atoms with Gasteiger partial charge in [0.25, 0.3) is 11.8 Å². The van der Waals surface area contributed by atoms with Crippen LogP contribution in [0.1, 0.15) is 38.8 Å². The predicted molar refractivity (Wildman–Crippen MR) is 141 cm³/mol. The summed E-state index contributed by atoms with van der Waals surface area (Å²) in [5.74, 6) is -0.616. The van der Waals surface area contributed by atoms with Gasteiger partial charge < -0.3 is 20.5 Å². The summed E-state index contributed by atoms with van der Waals surface area (Å²) in [5, 5.41) is 3.84. The molecule has 3 aromatic carbocycles. The molecular formula is C27H27Cl2N3O4. The van der Waals surface area contributed by atoms with Crippen molar-refractivity contribution in [1.29, 1.82) is 0 Å². The van der Waals surface area contributed by atoms with Gasteiger partial charge in [-0.1, -0.05) is 53.5 Å². The SMILES string of the molecule is COC1CC(NC(=O)c2ccccc2Cl)C(OCCN)c2cc(Cl)ccc2N1C(=O)c1ccccc1. The van der Waals surface area contributed by atoms with Crippen molar-refractivity contribution in [2.45, 2.75) is 24.8 Å². The monoisotopic (exact) mass is 527 g/mol. The fraction of sp³-hybridized carbons (Fsp3) is 0.259. The number of amides is 2. The largest absolute Gasteiger partial charge is 0.370 e. The van der Waals surface area contributed by atoms with E-state index in [1.165, 1.54) is 7.11 Å². The van der Waals surface area contributed by atoms with Gasteiger partial charge in [0.1, 0.15) is 12.3 Å². The van der Waals surface area contributed by atoms with Gasteiger partial charge in [-0.05, 0) is 42.5 Å². The molecule has 36 heavy (non-hydrogen) atoms. The van der Waals surface area contributed by atoms with Crippen LogP contribution < -0.4 is 16.0 Å². The molecule has 0 radical (unpaired) electrons. The maximum absolute atomic E-state index is 13.7. The van der Waals surface area contributed by atoms with Crippen LogP contribution in [0.5, 0.6) is 0 Å². The quantitative estimate of drug-likeness (QED) is 0.458. The molecule has 3 unspecified atom stereocenters. The summed E-state index contributed by atoms with van der Waals surface area (Å²) in [6.07, 6.45) is -1.12. The van der Waals surface area contributed by atoms with Crippen LogP contribution in [0.3, 0.4) is 0 Å². The Labute approximate surface area is 220 Å². The molecule has 2 amide bonds. The van der Waals surface area contributed by atoms with Crippen LogP contribution in [0.4, 0.5) is 5.69 Å². The van der Waals surface area contributed by atoms with Crippen LogP contribution in [0, 0.1) is 0 Å². The average molecular weight is 528 g/mol. The predicted octanol–water partition coefficient (Wildman–Crippen LogP) is 4.83. The summed E-state index contributed by atoms with van der Waals surface area (Å²) in [6.45, 7) is 0.511. The van der Waals surface area contributed by atoms with Gasteiger partial charge in [0, 0.05) is 36.2 Å². The first-order valence-corrected chi connectivity index (χ1v) is 12.3. The Bertz CT molecular complexity index is 1220. The van der Waals surface area contributed by atoms with E-state index in [1.54, 1.807) is 71.6 Å². The number of benzene rings is 3. The van der Waals surface area contributed by atoms with Crippen molar-refractivity contribution in [3.8, 4) is 0 Å². The van der Waals surface area contributed by atoms with Crippen LogP contribution in [-0.2, 0) is 9.47 Å². The van der Waals surface area contributed by atoms with Gasteiger partial charge in [0.05, 0.1) is 28.9 Å². The van der Waals surface area contributed by atoms with Crippen molar-refractivity contribution in [1.82, 2.24) is 5.32 Å². The summed E-state index contributed by atoms with van der Waals surface area (Å²) in [7, 11) is 1.53. The molecule has 0 spiro atoms. The number of fused-ring (bicyclic) bond motifs is 1. The Morgan fingerprint density at radius 2 is 1.78 bits per heavy atom. The van der Waals surface area contributed by atoms with Gasteiger partial charge in [-0.2, -0.15) is 0 Å². The highest BCUT2D eigenvalue weighted by Crippen LogP contribution is 2.40. The number of rotatable bonds is 7. The fourth-order valence-electron chi connectivity index (χ4n) is 4.38. The molecular weight excluding hydrogens is 501 g/mol. The smallest absolute Gasteiger partial charge is 0.260 e. The standard InChI is InChI=1S/C27H27Cl2N3O4/c1-35-24-16-22(31-26(33)19-9-5-6-10-21(19)29)25(36-14-13-30)20-15-18(28)11-12-23(20)32(24)27(34)17-7-3-2-4-8-17/h2-12,15,22,24-25H,13-14,16,30H2,1H3,(H,31,33). The lowest BCUT2D eigenvalue weighted by atomic mass is 9.98. The molecule has 0 fully saturated rings. The number of hydrogen-bond donors (Lipinski definition) is 2. The number of nitrogens with two attached hydrogens (primary N) is 1. The van der Waals surface area contributed by atoms with Crippen molar-refractivity contribution in [3.63, 3.8) is 0 Å². The zero-order chi connectivity index (χ0) is 25.7. The number of nitrogens with zero attached hydrogens (tertiary/aromatic N) is 1. The molecule has 0 saturated heterocycles. The molecule has 0 saturated carbocycles. The number of anilines is 1. The molecule has 3 aromatic rings. The molecule has 1 aliphatic rings. The van der Waals surface area contributed by atoms with Crippen molar-refractivity contribution in [2.75, 3.05) is 25.2 Å². The van der Waals surface area contributed by atoms with Crippen LogP contribution in [-0.4, -0.2) is 44.3 Å². The first-order valence-electron chi connectivity index (χ1n) is 11.5. The van der Waals surface area contributed by atoms with Gasteiger partial charge in [-0.3, -0.25) is 14.5 Å². The highest BCUT2D eigenvalue weighted by atomic mass is 35.5. The minimum absolute atomic E-state index is 0.235. The summed E-state index contributed by atoms with van der Waals surface area (Å²) < 4.78 is 12.0. The van der Waals surface area contributed by atoms with Crippen LogP contribution in [0.25, 0.3) is 0 Å². The van der Waals surface area contributed by atoms with Gasteiger partial charge in [0.15, 0.2) is 0 Å². The molecule has 1 heterocycles. The minimum Gasteiger partial charge on any atom is -0.370 e. The molecule has 1 aliphatic heterocycles. The maximum atomic E-state index is 13.7. The maximum Gasteiger partial charge on any atom is 0.260 e. The second-order valence-corrected chi connectivity index (χ2v) is 9.15. The second kappa shape index (κ2) is 11.9. The Kier molecular flexibility index (Phi) is 8.61. The van der Waals surface area contributed by atoms with E-state index < -0.39 is 18.4 Å². The van der Waals surface area contributed by atoms with Gasteiger partial charge in [-0.15, -0.1) is 0 Å². The zero-order valence-electron chi connectivity index (χ0n) is 19.7. The van der Waals surface area contributed by atoms with E-state index in [0.29, 0.717) is 32.4 Å². The number of halogens is 2. The first kappa shape index (κ1) is 26.1. The minimum atomic E-state index is -0.708. The Morgan fingerprint density at radius 1 is 1.06 bits per heavy atom. The second-order valence-electron chi connectivity index (χ2n) is 8.31. The Hall–Kier alpha value is -2.94. The average Bonchev–Trinajstić information content (AvgIpc) is 3.01. The van der Waals surface area contributed by atoms with Gasteiger partial charge in [0.2, 0.25) is 0 Å². The van der Waals surface area contributed by atoms with E-state index in [1.807, 2.05) is 6.07 Å². The van der Waals surface area contributed by atoms with Crippen molar-refractivity contribution in [3.05, 3.63) is 99.5 Å². The normalized spacial score (nSPS) is 19.3. The van der Waals surface area contributed by atoms with Crippen LogP contribution in [0.15, 0.2) is 72.8 Å². The Balaban J connectivity index is 1.80. The van der Waals surface area contributed by atoms with Gasteiger partial charge in [-0.25, -0.2) is 0 Å². The summed E-state index contributed by atoms with van der Waals surface area (Å²) in [5.41, 5.74) is 7.81. The third-order valence-electron chi connectivity index (χ3n) is 6.03. The van der Waals surface area contributed by atoms with E-state index in [-0.39, 0.29) is 31.4 Å². The van der Waals surface area contributed by atoms with E-state index in [0.717, 1.165) is 0 Å². The third-order valence-corrected chi connectivity index (χ3v) is 6.59. The van der Waals surface area contributed by atoms with Crippen molar-refractivity contribution < 1.29 is 19.1 Å². The molecule has 4 rings (SSSR count). The van der Waals surface area contributed by atoms with E-state index in [9.17, 15) is 9.59 Å². The molecule has 3 N–H and O–H groups in total. The number of methoxy groups -OCH3 is 1.